The molecule has 0 unspecified atom stereocenters. The Labute approximate surface area is 189 Å². The predicted molar refractivity (Wildman–Crippen MR) is 127 cm³/mol. The van der Waals surface area contributed by atoms with E-state index in [0.717, 1.165) is 27.4 Å². The number of aromatic nitrogens is 2. The van der Waals surface area contributed by atoms with Crippen molar-refractivity contribution in [3.05, 3.63) is 85.1 Å². The summed E-state index contributed by atoms with van der Waals surface area (Å²) in [6.07, 6.45) is 6.55. The van der Waals surface area contributed by atoms with Gasteiger partial charge in [0.1, 0.15) is 5.71 Å². The SMILES string of the molecule is C=CN(Cc1ccc(C2=NN=C(C(F)F)C2)cn1)c1ccc(-c2cccnc2)cc1SC. The van der Waals surface area contributed by atoms with Crippen molar-refractivity contribution >= 4 is 28.9 Å². The Bertz CT molecular complexity index is 1160. The zero-order valence-corrected chi connectivity index (χ0v) is 18.3. The molecule has 2 aromatic heterocycles. The van der Waals surface area contributed by atoms with Gasteiger partial charge in [0.15, 0.2) is 0 Å². The lowest BCUT2D eigenvalue weighted by atomic mass is 10.1. The Morgan fingerprint density at radius 1 is 1.09 bits per heavy atom. The van der Waals surface area contributed by atoms with Crippen LogP contribution in [-0.4, -0.2) is 34.1 Å². The van der Waals surface area contributed by atoms with Crippen molar-refractivity contribution < 1.29 is 8.78 Å². The molecule has 1 aliphatic heterocycles. The van der Waals surface area contributed by atoms with Gasteiger partial charge in [0, 0.05) is 41.0 Å². The third kappa shape index (κ3) is 4.75. The van der Waals surface area contributed by atoms with Gasteiger partial charge in [-0.05, 0) is 48.4 Å². The highest BCUT2D eigenvalue weighted by Gasteiger charge is 2.22. The average Bonchev–Trinajstić information content (AvgIpc) is 3.34. The molecule has 0 N–H and O–H groups in total. The molecule has 0 saturated heterocycles. The number of halogens is 2. The second-order valence-electron chi connectivity index (χ2n) is 7.09. The predicted octanol–water partition coefficient (Wildman–Crippen LogP) is 5.83. The van der Waals surface area contributed by atoms with Crippen molar-refractivity contribution in [1.29, 1.82) is 0 Å². The van der Waals surface area contributed by atoms with E-state index in [9.17, 15) is 8.78 Å². The van der Waals surface area contributed by atoms with E-state index in [1.807, 2.05) is 41.6 Å². The highest BCUT2D eigenvalue weighted by atomic mass is 32.2. The van der Waals surface area contributed by atoms with Crippen molar-refractivity contribution in [2.24, 2.45) is 10.2 Å². The quantitative estimate of drug-likeness (QED) is 0.406. The van der Waals surface area contributed by atoms with Crippen LogP contribution in [0.3, 0.4) is 0 Å². The smallest absolute Gasteiger partial charge is 0.278 e. The van der Waals surface area contributed by atoms with Crippen LogP contribution in [0.2, 0.25) is 0 Å². The molecule has 3 heterocycles. The highest BCUT2D eigenvalue weighted by Crippen LogP contribution is 2.34. The Morgan fingerprint density at radius 3 is 2.56 bits per heavy atom. The first kappa shape index (κ1) is 21.8. The van der Waals surface area contributed by atoms with Crippen molar-refractivity contribution in [2.45, 2.75) is 24.3 Å². The Morgan fingerprint density at radius 2 is 1.94 bits per heavy atom. The monoisotopic (exact) mass is 449 g/mol. The van der Waals surface area contributed by atoms with Gasteiger partial charge in [-0.2, -0.15) is 10.2 Å². The lowest BCUT2D eigenvalue weighted by Gasteiger charge is -2.23. The van der Waals surface area contributed by atoms with Crippen LogP contribution in [0.1, 0.15) is 17.7 Å². The molecule has 3 aromatic rings. The molecule has 1 aliphatic rings. The summed E-state index contributed by atoms with van der Waals surface area (Å²) in [5.74, 6) is 0. The minimum absolute atomic E-state index is 0.0534. The van der Waals surface area contributed by atoms with E-state index in [0.29, 0.717) is 17.8 Å². The van der Waals surface area contributed by atoms with Crippen LogP contribution in [0.4, 0.5) is 14.5 Å². The van der Waals surface area contributed by atoms with Crippen molar-refractivity contribution in [1.82, 2.24) is 9.97 Å². The summed E-state index contributed by atoms with van der Waals surface area (Å²) < 4.78 is 25.6. The zero-order valence-electron chi connectivity index (χ0n) is 17.4. The average molecular weight is 450 g/mol. The van der Waals surface area contributed by atoms with E-state index in [4.69, 9.17) is 0 Å². The Balaban J connectivity index is 1.51. The number of pyridine rings is 2. The summed E-state index contributed by atoms with van der Waals surface area (Å²) in [7, 11) is 0. The fourth-order valence-electron chi connectivity index (χ4n) is 3.39. The summed E-state index contributed by atoms with van der Waals surface area (Å²) in [6, 6.07) is 13.9. The molecule has 0 bridgehead atoms. The molecule has 32 heavy (non-hydrogen) atoms. The number of anilines is 1. The summed E-state index contributed by atoms with van der Waals surface area (Å²) in [5.41, 5.74) is 5.01. The maximum absolute atomic E-state index is 12.8. The third-order valence-electron chi connectivity index (χ3n) is 5.09. The van der Waals surface area contributed by atoms with Gasteiger partial charge in [-0.3, -0.25) is 9.97 Å². The van der Waals surface area contributed by atoms with Crippen LogP contribution in [0.15, 0.2) is 88.9 Å². The zero-order chi connectivity index (χ0) is 22.5. The molecular weight excluding hydrogens is 428 g/mol. The number of thioether (sulfide) groups is 1. The van der Waals surface area contributed by atoms with Crippen LogP contribution in [-0.2, 0) is 6.54 Å². The fourth-order valence-corrected chi connectivity index (χ4v) is 4.03. The molecule has 0 saturated carbocycles. The van der Waals surface area contributed by atoms with Crippen LogP contribution < -0.4 is 4.90 Å². The molecular formula is C24H21F2N5S. The number of hydrogen-bond acceptors (Lipinski definition) is 6. The van der Waals surface area contributed by atoms with Gasteiger partial charge < -0.3 is 4.90 Å². The summed E-state index contributed by atoms with van der Waals surface area (Å²) in [6.45, 7) is 4.49. The first-order valence-electron chi connectivity index (χ1n) is 9.93. The number of rotatable bonds is 8. The van der Waals surface area contributed by atoms with Gasteiger partial charge in [-0.1, -0.05) is 18.7 Å². The van der Waals surface area contributed by atoms with Crippen LogP contribution in [0.5, 0.6) is 0 Å². The van der Waals surface area contributed by atoms with E-state index in [1.54, 1.807) is 30.4 Å². The topological polar surface area (TPSA) is 53.7 Å². The second-order valence-corrected chi connectivity index (χ2v) is 7.94. The lowest BCUT2D eigenvalue weighted by molar-refractivity contribution is 0.224. The summed E-state index contributed by atoms with van der Waals surface area (Å²) in [5, 5.41) is 7.43. The summed E-state index contributed by atoms with van der Waals surface area (Å²) in [4.78, 5) is 11.8. The normalized spacial score (nSPS) is 13.1. The van der Waals surface area contributed by atoms with Gasteiger partial charge in [0.2, 0.25) is 0 Å². The fraction of sp³-hybridized carbons (Fsp3) is 0.167. The van der Waals surface area contributed by atoms with Crippen LogP contribution in [0, 0.1) is 0 Å². The molecule has 162 valence electrons. The molecule has 0 radical (unpaired) electrons. The lowest BCUT2D eigenvalue weighted by Crippen LogP contribution is -2.17. The minimum Gasteiger partial charge on any atom is -0.342 e. The van der Waals surface area contributed by atoms with Crippen molar-refractivity contribution in [3.8, 4) is 11.1 Å². The van der Waals surface area contributed by atoms with Crippen LogP contribution >= 0.6 is 11.8 Å². The van der Waals surface area contributed by atoms with E-state index in [2.05, 4.69) is 44.9 Å². The maximum atomic E-state index is 12.8. The standard InChI is InChI=1S/C24H21F2N5S/c1-3-31(22-9-7-16(11-23(22)32-2)17-5-4-10-27-13-17)15-19-8-6-18(14-28-19)20-12-21(24(25)26)30-29-20/h3-11,13-14,24H,1,12,15H2,2H3. The number of hydrogen-bond donors (Lipinski definition) is 0. The molecule has 0 spiro atoms. The molecule has 1 aromatic carbocycles. The Kier molecular flexibility index (Phi) is 6.70. The first-order valence-corrected chi connectivity index (χ1v) is 11.2. The van der Waals surface area contributed by atoms with Crippen LogP contribution in [0.25, 0.3) is 11.1 Å². The first-order chi connectivity index (χ1) is 15.6. The van der Waals surface area contributed by atoms with Gasteiger partial charge in [0.25, 0.3) is 6.43 Å². The molecule has 8 heteroatoms. The molecule has 0 aliphatic carbocycles. The van der Waals surface area contributed by atoms with Gasteiger partial charge in [-0.15, -0.1) is 11.8 Å². The van der Waals surface area contributed by atoms with E-state index in [-0.39, 0.29) is 12.1 Å². The van der Waals surface area contributed by atoms with E-state index in [1.165, 1.54) is 0 Å². The van der Waals surface area contributed by atoms with Gasteiger partial charge >= 0.3 is 0 Å². The molecule has 4 rings (SSSR count). The second kappa shape index (κ2) is 9.82. The minimum atomic E-state index is -2.58. The van der Waals surface area contributed by atoms with E-state index < -0.39 is 6.43 Å². The maximum Gasteiger partial charge on any atom is 0.278 e. The van der Waals surface area contributed by atoms with E-state index >= 15 is 0 Å². The molecule has 0 amide bonds. The highest BCUT2D eigenvalue weighted by molar-refractivity contribution is 7.98. The Hall–Kier alpha value is -3.39. The van der Waals surface area contributed by atoms with Crippen molar-refractivity contribution in [2.75, 3.05) is 11.2 Å². The number of nitrogens with zero attached hydrogens (tertiary/aromatic N) is 5. The summed E-state index contributed by atoms with van der Waals surface area (Å²) >= 11 is 1.66. The largest absolute Gasteiger partial charge is 0.342 e. The molecule has 5 nitrogen and oxygen atoms in total. The molecule has 0 atom stereocenters. The van der Waals surface area contributed by atoms with Gasteiger partial charge in [-0.25, -0.2) is 8.78 Å². The molecule has 0 fully saturated rings. The third-order valence-corrected chi connectivity index (χ3v) is 5.86. The van der Waals surface area contributed by atoms with Crippen molar-refractivity contribution in [3.63, 3.8) is 0 Å². The number of benzene rings is 1. The number of alkyl halides is 2. The van der Waals surface area contributed by atoms with Gasteiger partial charge in [0.05, 0.1) is 23.6 Å².